The highest BCUT2D eigenvalue weighted by molar-refractivity contribution is 7.79. The first-order valence-electron chi connectivity index (χ1n) is 26.8. The number of anilines is 1. The average molecular weight is 1190 g/mol. The summed E-state index contributed by atoms with van der Waals surface area (Å²) in [6.45, 7) is 9.62. The molecule has 1 aromatic heterocycles. The molecule has 8 aliphatic rings. The van der Waals surface area contributed by atoms with Crippen molar-refractivity contribution in [3.63, 3.8) is 0 Å². The number of nitrogens with zero attached hydrogens (tertiary/aromatic N) is 3. The fraction of sp³-hybridized carbons (Fsp3) is 0.574. The number of rotatable bonds is 8. The van der Waals surface area contributed by atoms with E-state index in [2.05, 4.69) is 32.7 Å². The molecule has 0 radical (unpaired) electrons. The minimum atomic E-state index is -4.67. The molecule has 83 heavy (non-hydrogen) atoms. The first-order chi connectivity index (χ1) is 39.0. The maximum atomic E-state index is 15.2. The monoisotopic (exact) mass is 1190 g/mol. The van der Waals surface area contributed by atoms with Gasteiger partial charge in [0, 0.05) is 97.9 Å². The standard InChI is InChI=1S/C43H55N5O7.C10H10O8.CH4N2O2.H2O4S/c1-6-39(52)21-25-22-42(38(51)55-5,33-27(13-17-47(23-25)24-39)26-11-8-9-12-30(26)45-33)29-19-28-31(20-32(29)54-4)46(3)35-41(28)15-18-48-16-10-14-40(7-2,34(41)48)36(49)43(35,53)37(44)50;1-3(11)15-7-5-6(18-9(7)13)8(10(14)17-5)16-4(2)12;2-1(4)3-5;1-5(2,3)4/h8-12,14,19-20,25,34-36,45,49,52-53H,6-7,13,15-18,21-24H2,1-5H3,(H2,44,50);5-8H,1-2H3;5H,(H3,2,3,4);(H2,1,2,3,4)/t25-,34+,35-,36-,39+,40-,41-,42+,43+;5-,6-,7-,8+;;/m11../s1. The Hall–Kier alpha value is -6.96. The molecule has 454 valence electrons. The van der Waals surface area contributed by atoms with Crippen molar-refractivity contribution < 1.29 is 100 Å². The molecular weight excluding hydrogens is 1110 g/mol. The number of aliphatic hydroxyl groups excluding tert-OH is 1. The molecule has 3 amide bonds. The normalized spacial score (nSPS) is 34.2. The molecule has 1 unspecified atom stereocenters. The lowest BCUT2D eigenvalue weighted by Gasteiger charge is -2.63. The zero-order valence-corrected chi connectivity index (χ0v) is 47.5. The minimum absolute atomic E-state index is 0.0790. The SMILES string of the molecule is CC(=O)O[C@@H]1C(=O)O[C@@H]2[C@H]1OC(=O)[C@@H]2OC(C)=O.CC[C@]1(O)C[C@H]2CN(CCc3c([nH]c4ccccc34)[C@@](C(=O)OC)(c3cc4c(cc3OC)N(C)[C@H]3[C@@](O)(C(N)=O)[C@H](O)[C@]5(CC)C=CCN6CC[C@]43[C@@H]65)C2)C1.NC(=O)NO.O=S(=O)(O)O. The summed E-state index contributed by atoms with van der Waals surface area (Å²) in [5.74, 6) is -4.07. The number of piperidine rings is 1. The number of aliphatic hydroxyl groups is 3. The van der Waals surface area contributed by atoms with Crippen LogP contribution in [0.2, 0.25) is 0 Å². The number of primary amides is 2. The van der Waals surface area contributed by atoms with Crippen molar-refractivity contribution in [1.29, 1.82) is 0 Å². The van der Waals surface area contributed by atoms with Gasteiger partial charge in [0.05, 0.1) is 25.9 Å². The Balaban J connectivity index is 0.000000264. The van der Waals surface area contributed by atoms with E-state index in [0.717, 1.165) is 60.3 Å². The molecule has 5 fully saturated rings. The van der Waals surface area contributed by atoms with Gasteiger partial charge in [-0.05, 0) is 74.2 Å². The van der Waals surface area contributed by atoms with Gasteiger partial charge in [-0.15, -0.1) is 0 Å². The number of carbonyl (C=O) groups excluding carboxylic acids is 7. The van der Waals surface area contributed by atoms with Gasteiger partial charge in [0.1, 0.15) is 17.3 Å². The first kappa shape index (κ1) is 62.1. The molecule has 2 bridgehead atoms. The Morgan fingerprint density at radius 2 is 1.49 bits per heavy atom. The molecule has 12 N–H and O–H groups in total. The third kappa shape index (κ3) is 10.5. The predicted molar refractivity (Wildman–Crippen MR) is 288 cm³/mol. The molecule has 14 atom stereocenters. The number of benzene rings is 2. The van der Waals surface area contributed by atoms with Crippen LogP contribution in [-0.4, -0.2) is 202 Å². The Bertz CT molecular complexity index is 3180. The Labute approximate surface area is 476 Å². The maximum Gasteiger partial charge on any atom is 0.394 e. The van der Waals surface area contributed by atoms with Crippen LogP contribution in [0.15, 0.2) is 48.6 Å². The third-order valence-corrected chi connectivity index (χ3v) is 17.8. The van der Waals surface area contributed by atoms with Crippen molar-refractivity contribution in [3.8, 4) is 5.75 Å². The van der Waals surface area contributed by atoms with Crippen LogP contribution >= 0.6 is 0 Å². The number of likely N-dealkylation sites (N-methyl/N-ethyl adjacent to an activating group) is 1. The molecule has 3 aromatic rings. The van der Waals surface area contributed by atoms with Crippen molar-refractivity contribution in [2.45, 2.75) is 131 Å². The van der Waals surface area contributed by atoms with Crippen molar-refractivity contribution in [2.24, 2.45) is 22.8 Å². The van der Waals surface area contributed by atoms with Crippen LogP contribution < -0.4 is 26.6 Å². The number of para-hydroxylation sites is 1. The van der Waals surface area contributed by atoms with Crippen LogP contribution in [0.4, 0.5) is 10.5 Å². The van der Waals surface area contributed by atoms with Crippen LogP contribution in [0.3, 0.4) is 0 Å². The predicted octanol–water partition coefficient (Wildman–Crippen LogP) is -0.176. The number of hydroxylamine groups is 1. The number of esters is 5. The summed E-state index contributed by atoms with van der Waals surface area (Å²) >= 11 is 0. The van der Waals surface area contributed by atoms with E-state index >= 15 is 4.79 Å². The number of hydrogen-bond donors (Lipinski definition) is 10. The topological polar surface area (TPSA) is 420 Å². The summed E-state index contributed by atoms with van der Waals surface area (Å²) < 4.78 is 62.9. The van der Waals surface area contributed by atoms with Gasteiger partial charge in [0.2, 0.25) is 12.2 Å². The van der Waals surface area contributed by atoms with Gasteiger partial charge in [-0.2, -0.15) is 8.42 Å². The van der Waals surface area contributed by atoms with Crippen LogP contribution in [0, 0.1) is 11.3 Å². The van der Waals surface area contributed by atoms with Crippen molar-refractivity contribution in [1.82, 2.24) is 20.3 Å². The highest BCUT2D eigenvalue weighted by Crippen LogP contribution is 2.67. The van der Waals surface area contributed by atoms with Gasteiger partial charge in [0.15, 0.2) is 17.8 Å². The quantitative estimate of drug-likeness (QED) is 0.0349. The summed E-state index contributed by atoms with van der Waals surface area (Å²) in [7, 11) is 0.225. The number of aromatic amines is 1. The number of nitrogens with one attached hydrogen (secondary N) is 2. The summed E-state index contributed by atoms with van der Waals surface area (Å²) in [5.41, 5.74) is 10.2. The van der Waals surface area contributed by atoms with Crippen molar-refractivity contribution in [3.05, 3.63) is 70.9 Å². The van der Waals surface area contributed by atoms with Crippen LogP contribution in [0.1, 0.15) is 82.2 Å². The summed E-state index contributed by atoms with van der Waals surface area (Å²) in [6.07, 6.45) is 1.02. The number of fused-ring (bicyclic) bond motifs is 7. The molecule has 4 saturated heterocycles. The van der Waals surface area contributed by atoms with Crippen LogP contribution in [0.5, 0.6) is 5.75 Å². The molecule has 29 heteroatoms. The van der Waals surface area contributed by atoms with Crippen LogP contribution in [-0.2, 0) is 80.1 Å². The van der Waals surface area contributed by atoms with E-state index in [1.165, 1.54) is 12.6 Å². The molecular formula is C54H71N7O21S. The lowest BCUT2D eigenvalue weighted by Crippen LogP contribution is -2.81. The van der Waals surface area contributed by atoms with Gasteiger partial charge < -0.3 is 65.1 Å². The summed E-state index contributed by atoms with van der Waals surface area (Å²) in [4.78, 5) is 93.0. The molecule has 1 aliphatic carbocycles. The highest BCUT2D eigenvalue weighted by Gasteiger charge is 2.78. The second kappa shape index (κ2) is 22.9. The van der Waals surface area contributed by atoms with E-state index in [0.29, 0.717) is 69.5 Å². The number of H-pyrrole nitrogens is 1. The fourth-order valence-corrected chi connectivity index (χ4v) is 14.9. The highest BCUT2D eigenvalue weighted by atomic mass is 32.3. The van der Waals surface area contributed by atoms with Gasteiger partial charge in [-0.3, -0.25) is 43.3 Å². The number of carbonyl (C=O) groups is 7. The van der Waals surface area contributed by atoms with Gasteiger partial charge in [-0.25, -0.2) is 19.9 Å². The number of aromatic nitrogens is 1. The number of ether oxygens (including phenoxy) is 6. The van der Waals surface area contributed by atoms with Gasteiger partial charge in [-0.1, -0.05) is 44.2 Å². The Kier molecular flexibility index (Phi) is 17.1. The smallest absolute Gasteiger partial charge is 0.394 e. The van der Waals surface area contributed by atoms with E-state index in [1.54, 1.807) is 7.11 Å². The van der Waals surface area contributed by atoms with Crippen molar-refractivity contribution >= 4 is 68.8 Å². The maximum absolute atomic E-state index is 15.2. The van der Waals surface area contributed by atoms with E-state index in [4.69, 9.17) is 56.9 Å². The second-order valence-corrected chi connectivity index (χ2v) is 23.2. The van der Waals surface area contributed by atoms with Crippen molar-refractivity contribution in [2.75, 3.05) is 58.9 Å². The largest absolute Gasteiger partial charge is 0.496 e. The Morgan fingerprint density at radius 3 is 2.02 bits per heavy atom. The minimum Gasteiger partial charge on any atom is -0.496 e. The number of amides is 3. The molecule has 1 saturated carbocycles. The lowest BCUT2D eigenvalue weighted by atomic mass is 9.47. The third-order valence-electron chi connectivity index (χ3n) is 17.8. The van der Waals surface area contributed by atoms with E-state index in [-0.39, 0.29) is 12.0 Å². The summed E-state index contributed by atoms with van der Waals surface area (Å²) in [5, 5.41) is 45.4. The number of urea groups is 1. The van der Waals surface area contributed by atoms with E-state index in [1.807, 2.05) is 62.2 Å². The zero-order valence-electron chi connectivity index (χ0n) is 46.7. The first-order valence-corrected chi connectivity index (χ1v) is 28.2. The fourth-order valence-electron chi connectivity index (χ4n) is 14.9. The number of hydrogen-bond acceptors (Lipinski definition) is 22. The molecule has 2 aromatic carbocycles. The van der Waals surface area contributed by atoms with E-state index < -0.39 is 116 Å². The summed E-state index contributed by atoms with van der Waals surface area (Å²) in [6, 6.07) is 10.1. The zero-order chi connectivity index (χ0) is 61.1. The number of nitrogens with two attached hydrogens (primary N) is 2. The Morgan fingerprint density at radius 1 is 0.892 bits per heavy atom. The lowest BCUT2D eigenvalue weighted by molar-refractivity contribution is -0.201. The van der Waals surface area contributed by atoms with Crippen LogP contribution in [0.25, 0.3) is 10.9 Å². The van der Waals surface area contributed by atoms with Gasteiger partial charge in [0.25, 0.3) is 5.91 Å². The molecule has 1 spiro atoms. The number of methoxy groups -OCH3 is 2. The van der Waals surface area contributed by atoms with E-state index in [9.17, 15) is 44.1 Å². The second-order valence-electron chi connectivity index (χ2n) is 22.3. The molecule has 11 rings (SSSR count). The van der Waals surface area contributed by atoms with Gasteiger partial charge >= 0.3 is 46.3 Å². The molecule has 7 aliphatic heterocycles. The molecule has 8 heterocycles. The average Bonchev–Trinajstić information content (AvgIpc) is 1.58. The molecule has 28 nitrogen and oxygen atoms in total.